The fourth-order valence-corrected chi connectivity index (χ4v) is 6.48. The molecule has 14 heteroatoms. The van der Waals surface area contributed by atoms with E-state index in [0.29, 0.717) is 50.9 Å². The van der Waals surface area contributed by atoms with E-state index in [0.717, 1.165) is 6.20 Å². The summed E-state index contributed by atoms with van der Waals surface area (Å²) in [5, 5.41) is 3.73. The number of fused-ring (bicyclic) bond motifs is 3. The predicted molar refractivity (Wildman–Crippen MR) is 167 cm³/mol. The number of nitrogens with zero attached hydrogens (tertiary/aromatic N) is 6. The van der Waals surface area contributed by atoms with Crippen molar-refractivity contribution in [2.24, 2.45) is 5.41 Å². The number of halogens is 4. The second kappa shape index (κ2) is 11.1. The highest BCUT2D eigenvalue weighted by Crippen LogP contribution is 2.41. The van der Waals surface area contributed by atoms with Crippen molar-refractivity contribution in [3.63, 3.8) is 0 Å². The first-order valence-electron chi connectivity index (χ1n) is 14.0. The van der Waals surface area contributed by atoms with Gasteiger partial charge in [-0.25, -0.2) is 15.0 Å². The molecule has 2 amide bonds. The van der Waals surface area contributed by atoms with E-state index in [2.05, 4.69) is 41.2 Å². The van der Waals surface area contributed by atoms with E-state index >= 15 is 0 Å². The third-order valence-electron chi connectivity index (χ3n) is 7.94. The second-order valence-electron chi connectivity index (χ2n) is 11.9. The SMILES string of the molecule is Cc1cc(-c2cccnc2C(F)(F)F)cc2c3c(N)ncnc3n(CC(=O)N3CC(C)(C)C[C@H]3C(=O)Nc3cccc(Br)n3)c12. The molecule has 1 fully saturated rings. The number of carbonyl (C=O) groups excluding carboxylic acids is 2. The third kappa shape index (κ3) is 5.70. The van der Waals surface area contributed by atoms with Crippen LogP contribution in [-0.2, 0) is 22.3 Å². The number of anilines is 2. The van der Waals surface area contributed by atoms with Gasteiger partial charge < -0.3 is 20.5 Å². The average molecular weight is 682 g/mol. The lowest BCUT2D eigenvalue weighted by Crippen LogP contribution is -2.44. The van der Waals surface area contributed by atoms with Crippen LogP contribution in [0, 0.1) is 12.3 Å². The standard InChI is InChI=1S/C31H28BrF3N8O2/c1-16-10-17(18-6-5-9-37-26(18)31(33,34)35)11-19-24-27(36)38-15-39-28(24)42(25(16)19)13-23(44)43-14-30(2,3)12-20(43)29(45)41-22-8-4-7-21(32)40-22/h4-11,15,20H,12-14H2,1-3H3,(H2,36,38,39)(H,40,41,45)/t20-/m0/s1. The highest BCUT2D eigenvalue weighted by Gasteiger charge is 2.44. The summed E-state index contributed by atoms with van der Waals surface area (Å²) in [6.45, 7) is 5.89. The van der Waals surface area contributed by atoms with Crippen LogP contribution in [0.4, 0.5) is 24.8 Å². The van der Waals surface area contributed by atoms with Crippen LogP contribution >= 0.6 is 15.9 Å². The molecular weight excluding hydrogens is 653 g/mol. The van der Waals surface area contributed by atoms with Gasteiger partial charge in [-0.1, -0.05) is 26.0 Å². The number of pyridine rings is 2. The Hall–Kier alpha value is -4.59. The molecule has 0 aliphatic carbocycles. The molecule has 0 bridgehead atoms. The minimum Gasteiger partial charge on any atom is -0.383 e. The lowest BCUT2D eigenvalue weighted by atomic mass is 9.90. The van der Waals surface area contributed by atoms with Gasteiger partial charge in [0.2, 0.25) is 11.8 Å². The number of aromatic nitrogens is 5. The number of hydrogen-bond acceptors (Lipinski definition) is 7. The first-order valence-corrected chi connectivity index (χ1v) is 14.8. The summed E-state index contributed by atoms with van der Waals surface area (Å²) in [5.74, 6) is -0.203. The molecule has 3 N–H and O–H groups in total. The second-order valence-corrected chi connectivity index (χ2v) is 12.7. The summed E-state index contributed by atoms with van der Waals surface area (Å²) < 4.78 is 43.8. The molecule has 0 unspecified atom stereocenters. The number of likely N-dealkylation sites (tertiary alicyclic amines) is 1. The first-order chi connectivity index (χ1) is 21.2. The summed E-state index contributed by atoms with van der Waals surface area (Å²) in [5.41, 5.74) is 6.68. The van der Waals surface area contributed by atoms with Gasteiger partial charge in [0.25, 0.3) is 0 Å². The van der Waals surface area contributed by atoms with Gasteiger partial charge in [0.1, 0.15) is 40.8 Å². The Labute approximate surface area is 264 Å². The minimum atomic E-state index is -4.67. The van der Waals surface area contributed by atoms with Crippen LogP contribution in [0.25, 0.3) is 33.1 Å². The van der Waals surface area contributed by atoms with Gasteiger partial charge in [-0.15, -0.1) is 0 Å². The Bertz CT molecular complexity index is 1990. The lowest BCUT2D eigenvalue weighted by Gasteiger charge is -2.25. The monoisotopic (exact) mass is 680 g/mol. The molecule has 1 saturated heterocycles. The number of nitrogens with one attached hydrogen (secondary N) is 1. The zero-order valence-corrected chi connectivity index (χ0v) is 26.1. The van der Waals surface area contributed by atoms with Crippen molar-refractivity contribution in [3.05, 3.63) is 70.8 Å². The summed E-state index contributed by atoms with van der Waals surface area (Å²) >= 11 is 3.30. The van der Waals surface area contributed by atoms with Gasteiger partial charge in [0, 0.05) is 23.7 Å². The Kier molecular flexibility index (Phi) is 7.50. The summed E-state index contributed by atoms with van der Waals surface area (Å²) in [6, 6.07) is 10.4. The zero-order valence-electron chi connectivity index (χ0n) is 24.5. The summed E-state index contributed by atoms with van der Waals surface area (Å²) in [6.07, 6.45) is -1.85. The molecule has 0 spiro atoms. The van der Waals surface area contributed by atoms with Crippen LogP contribution in [-0.4, -0.2) is 53.8 Å². The van der Waals surface area contributed by atoms with Gasteiger partial charge in [-0.05, 0) is 76.1 Å². The number of benzene rings is 1. The molecule has 232 valence electrons. The molecule has 0 radical (unpaired) electrons. The third-order valence-corrected chi connectivity index (χ3v) is 8.38. The maximum Gasteiger partial charge on any atom is 0.433 e. The highest BCUT2D eigenvalue weighted by atomic mass is 79.9. The number of alkyl halides is 3. The Morgan fingerprint density at radius 1 is 1.13 bits per heavy atom. The van der Waals surface area contributed by atoms with Crippen LogP contribution in [0.15, 0.2) is 59.6 Å². The van der Waals surface area contributed by atoms with Crippen LogP contribution < -0.4 is 11.1 Å². The van der Waals surface area contributed by atoms with Crippen molar-refractivity contribution in [1.29, 1.82) is 0 Å². The maximum atomic E-state index is 14.0. The topological polar surface area (TPSA) is 132 Å². The maximum absolute atomic E-state index is 14.0. The highest BCUT2D eigenvalue weighted by molar-refractivity contribution is 9.10. The average Bonchev–Trinajstić information content (AvgIpc) is 3.47. The quantitative estimate of drug-likeness (QED) is 0.218. The smallest absolute Gasteiger partial charge is 0.383 e. The fraction of sp³-hybridized carbons (Fsp3) is 0.290. The van der Waals surface area contributed by atoms with Crippen LogP contribution in [0.1, 0.15) is 31.5 Å². The van der Waals surface area contributed by atoms with Gasteiger partial charge in [0.15, 0.2) is 5.69 Å². The lowest BCUT2D eigenvalue weighted by molar-refractivity contribution is -0.140. The largest absolute Gasteiger partial charge is 0.433 e. The van der Waals surface area contributed by atoms with E-state index in [9.17, 15) is 22.8 Å². The molecule has 1 aromatic carbocycles. The predicted octanol–water partition coefficient (Wildman–Crippen LogP) is 5.98. The number of aryl methyl sites for hydroxylation is 1. The molecule has 1 aliphatic heterocycles. The van der Waals surface area contributed by atoms with Gasteiger partial charge in [-0.3, -0.25) is 14.6 Å². The molecule has 45 heavy (non-hydrogen) atoms. The molecule has 6 rings (SSSR count). The van der Waals surface area contributed by atoms with Gasteiger partial charge >= 0.3 is 6.18 Å². The van der Waals surface area contributed by atoms with E-state index in [4.69, 9.17) is 5.73 Å². The van der Waals surface area contributed by atoms with E-state index < -0.39 is 17.9 Å². The van der Waals surface area contributed by atoms with Crippen molar-refractivity contribution < 1.29 is 22.8 Å². The van der Waals surface area contributed by atoms with Crippen molar-refractivity contribution >= 4 is 61.3 Å². The number of carbonyl (C=O) groups is 2. The normalized spacial score (nSPS) is 16.4. The van der Waals surface area contributed by atoms with Crippen molar-refractivity contribution in [2.75, 3.05) is 17.6 Å². The van der Waals surface area contributed by atoms with Crippen molar-refractivity contribution in [2.45, 2.75) is 46.0 Å². The molecule has 0 saturated carbocycles. The summed E-state index contributed by atoms with van der Waals surface area (Å²) in [7, 11) is 0. The molecule has 5 heterocycles. The molecule has 10 nitrogen and oxygen atoms in total. The molecule has 4 aromatic heterocycles. The number of nitrogen functional groups attached to an aromatic ring is 1. The molecule has 1 aliphatic rings. The molecule has 1 atom stereocenters. The number of rotatable bonds is 5. The van der Waals surface area contributed by atoms with Gasteiger partial charge in [0.05, 0.1) is 10.9 Å². The van der Waals surface area contributed by atoms with E-state index in [1.54, 1.807) is 46.7 Å². The van der Waals surface area contributed by atoms with Crippen LogP contribution in [0.2, 0.25) is 0 Å². The number of nitrogens with two attached hydrogens (primary N) is 1. The Morgan fingerprint density at radius 2 is 1.91 bits per heavy atom. The summed E-state index contributed by atoms with van der Waals surface area (Å²) in [4.78, 5) is 45.5. The Morgan fingerprint density at radius 3 is 2.64 bits per heavy atom. The van der Waals surface area contributed by atoms with E-state index in [1.807, 2.05) is 13.8 Å². The Balaban J connectivity index is 1.42. The molecular formula is C31H28BrF3N8O2. The fourth-order valence-electron chi connectivity index (χ4n) is 6.14. The first kappa shape index (κ1) is 30.4. The number of amides is 2. The zero-order chi connectivity index (χ0) is 32.3. The van der Waals surface area contributed by atoms with E-state index in [-0.39, 0.29) is 40.7 Å². The van der Waals surface area contributed by atoms with Crippen LogP contribution in [0.5, 0.6) is 0 Å². The number of hydrogen-bond donors (Lipinski definition) is 2. The van der Waals surface area contributed by atoms with Crippen molar-refractivity contribution in [3.8, 4) is 11.1 Å². The van der Waals surface area contributed by atoms with Crippen molar-refractivity contribution in [1.82, 2.24) is 29.4 Å². The van der Waals surface area contributed by atoms with Crippen LogP contribution in [0.3, 0.4) is 0 Å². The van der Waals surface area contributed by atoms with E-state index in [1.165, 1.54) is 18.5 Å². The van der Waals surface area contributed by atoms with Gasteiger partial charge in [-0.2, -0.15) is 13.2 Å². The molecule has 5 aromatic rings. The minimum absolute atomic E-state index is 0.0875.